The fourth-order valence-electron chi connectivity index (χ4n) is 2.92. The summed E-state index contributed by atoms with van der Waals surface area (Å²) in [6.45, 7) is 0. The van der Waals surface area contributed by atoms with Crippen LogP contribution in [0.2, 0.25) is 0 Å². The average molecular weight is 357 g/mol. The number of benzene rings is 1. The Morgan fingerprint density at radius 2 is 1.92 bits per heavy atom. The number of nitrogens with one attached hydrogen (secondary N) is 1. The number of amides is 1. The summed E-state index contributed by atoms with van der Waals surface area (Å²) in [5.74, 6) is -0.567. The van der Waals surface area contributed by atoms with Gasteiger partial charge in [0.25, 0.3) is 0 Å². The number of fused-ring (bicyclic) bond motifs is 1. The van der Waals surface area contributed by atoms with Gasteiger partial charge in [-0.3, -0.25) is 4.79 Å². The summed E-state index contributed by atoms with van der Waals surface area (Å²) in [7, 11) is 1.60. The predicted molar refractivity (Wildman–Crippen MR) is 98.6 cm³/mol. The number of thiophene rings is 1. The smallest absolute Gasteiger partial charge is 0.339 e. The lowest BCUT2D eigenvalue weighted by Gasteiger charge is -2.10. The van der Waals surface area contributed by atoms with Gasteiger partial charge in [0.2, 0.25) is 5.91 Å². The zero-order valence-electron chi connectivity index (χ0n) is 13.9. The lowest BCUT2D eigenvalue weighted by molar-refractivity contribution is -0.111. The van der Waals surface area contributed by atoms with Crippen LogP contribution in [0, 0.1) is 0 Å². The molecule has 0 bridgehead atoms. The van der Waals surface area contributed by atoms with Gasteiger partial charge in [0.05, 0.1) is 12.7 Å². The number of carbonyl (C=O) groups excluding carboxylic acids is 1. The maximum absolute atomic E-state index is 12.2. The molecule has 2 N–H and O–H groups in total. The van der Waals surface area contributed by atoms with E-state index < -0.39 is 5.97 Å². The molecule has 0 spiro atoms. The van der Waals surface area contributed by atoms with E-state index in [0.29, 0.717) is 5.00 Å². The molecular formula is C19H19NO4S. The normalized spacial score (nSPS) is 13.5. The van der Waals surface area contributed by atoms with Crippen molar-refractivity contribution >= 4 is 34.3 Å². The van der Waals surface area contributed by atoms with Crippen molar-refractivity contribution in [3.63, 3.8) is 0 Å². The summed E-state index contributed by atoms with van der Waals surface area (Å²) < 4.78 is 5.09. The third-order valence-electron chi connectivity index (χ3n) is 4.16. The number of hydrogen-bond acceptors (Lipinski definition) is 4. The molecule has 0 aliphatic heterocycles. The Bertz CT molecular complexity index is 821. The van der Waals surface area contributed by atoms with Crippen LogP contribution in [0.25, 0.3) is 6.08 Å². The third kappa shape index (κ3) is 3.91. The van der Waals surface area contributed by atoms with Crippen LogP contribution in [0.4, 0.5) is 5.00 Å². The van der Waals surface area contributed by atoms with Gasteiger partial charge in [-0.05, 0) is 55.0 Å². The highest BCUT2D eigenvalue weighted by Crippen LogP contribution is 2.38. The first-order valence-corrected chi connectivity index (χ1v) is 8.91. The summed E-state index contributed by atoms with van der Waals surface area (Å²) in [5, 5.41) is 12.7. The first kappa shape index (κ1) is 17.2. The van der Waals surface area contributed by atoms with Crippen LogP contribution in [0.1, 0.15) is 39.2 Å². The fourth-order valence-corrected chi connectivity index (χ4v) is 4.20. The van der Waals surface area contributed by atoms with Gasteiger partial charge in [-0.1, -0.05) is 12.1 Å². The monoisotopic (exact) mass is 357 g/mol. The molecule has 0 radical (unpaired) electrons. The van der Waals surface area contributed by atoms with Gasteiger partial charge in [-0.2, -0.15) is 0 Å². The van der Waals surface area contributed by atoms with E-state index >= 15 is 0 Å². The number of carbonyl (C=O) groups is 2. The highest BCUT2D eigenvalue weighted by atomic mass is 32.1. The number of aryl methyl sites for hydroxylation is 1. The standard InChI is InChI=1S/C19H19NO4S/c1-24-13-9-6-12(7-10-13)8-11-16(21)20-18-17(19(22)23)14-4-2-3-5-15(14)25-18/h6-11H,2-5H2,1H3,(H,20,21)(H,22,23)/b11-8-. The molecule has 2 aromatic rings. The minimum Gasteiger partial charge on any atom is -0.497 e. The van der Waals surface area contributed by atoms with E-state index in [1.54, 1.807) is 13.2 Å². The molecule has 0 saturated carbocycles. The largest absolute Gasteiger partial charge is 0.497 e. The van der Waals surface area contributed by atoms with Crippen LogP contribution in [-0.2, 0) is 17.6 Å². The van der Waals surface area contributed by atoms with Gasteiger partial charge < -0.3 is 15.2 Å². The summed E-state index contributed by atoms with van der Waals surface area (Å²) in [5.41, 5.74) is 2.00. The van der Waals surface area contributed by atoms with Crippen LogP contribution in [0.15, 0.2) is 30.3 Å². The molecule has 0 fully saturated rings. The van der Waals surface area contributed by atoms with Crippen LogP contribution in [0.3, 0.4) is 0 Å². The molecule has 0 unspecified atom stereocenters. The van der Waals surface area contributed by atoms with Crippen molar-refractivity contribution < 1.29 is 19.4 Å². The van der Waals surface area contributed by atoms with Crippen LogP contribution >= 0.6 is 11.3 Å². The molecule has 0 saturated heterocycles. The number of carboxylic acid groups (broad SMARTS) is 1. The van der Waals surface area contributed by atoms with Crippen molar-refractivity contribution in [2.24, 2.45) is 0 Å². The van der Waals surface area contributed by atoms with Crippen molar-refractivity contribution in [3.8, 4) is 5.75 Å². The fraction of sp³-hybridized carbons (Fsp3) is 0.263. The Hall–Kier alpha value is -2.60. The van der Waals surface area contributed by atoms with Gasteiger partial charge in [0, 0.05) is 11.0 Å². The molecule has 1 aromatic heterocycles. The molecule has 0 atom stereocenters. The number of ether oxygens (including phenoxy) is 1. The van der Waals surface area contributed by atoms with Crippen molar-refractivity contribution in [3.05, 3.63) is 51.9 Å². The van der Waals surface area contributed by atoms with Crippen LogP contribution in [-0.4, -0.2) is 24.1 Å². The molecule has 1 aliphatic carbocycles. The molecular weight excluding hydrogens is 338 g/mol. The summed E-state index contributed by atoms with van der Waals surface area (Å²) in [6, 6.07) is 7.31. The van der Waals surface area contributed by atoms with Crippen LogP contribution in [0.5, 0.6) is 5.75 Å². The number of hydrogen-bond donors (Lipinski definition) is 2. The van der Waals surface area contributed by atoms with E-state index in [4.69, 9.17) is 4.74 Å². The molecule has 1 amide bonds. The van der Waals surface area contributed by atoms with Gasteiger partial charge in [-0.25, -0.2) is 4.79 Å². The van der Waals surface area contributed by atoms with E-state index in [2.05, 4.69) is 5.32 Å². The number of methoxy groups -OCH3 is 1. The van der Waals surface area contributed by atoms with E-state index in [1.807, 2.05) is 24.3 Å². The number of anilines is 1. The first-order valence-electron chi connectivity index (χ1n) is 8.09. The van der Waals surface area contributed by atoms with Gasteiger partial charge in [0.1, 0.15) is 10.8 Å². The molecule has 3 rings (SSSR count). The van der Waals surface area contributed by atoms with Crippen LogP contribution < -0.4 is 10.1 Å². The molecule has 130 valence electrons. The number of aromatic carboxylic acids is 1. The van der Waals surface area contributed by atoms with Crippen molar-refractivity contribution in [1.29, 1.82) is 0 Å². The maximum Gasteiger partial charge on any atom is 0.339 e. The Morgan fingerprint density at radius 1 is 1.20 bits per heavy atom. The lowest BCUT2D eigenvalue weighted by Crippen LogP contribution is -2.11. The molecule has 6 heteroatoms. The molecule has 1 heterocycles. The predicted octanol–water partition coefficient (Wildman–Crippen LogP) is 3.99. The Labute approximate surface area is 149 Å². The average Bonchev–Trinajstić information content (AvgIpc) is 2.98. The maximum atomic E-state index is 12.2. The lowest BCUT2D eigenvalue weighted by atomic mass is 9.95. The van der Waals surface area contributed by atoms with E-state index in [0.717, 1.165) is 47.4 Å². The number of rotatable bonds is 5. The highest BCUT2D eigenvalue weighted by Gasteiger charge is 2.25. The first-order chi connectivity index (χ1) is 12.1. The second kappa shape index (κ2) is 7.53. The van der Waals surface area contributed by atoms with E-state index in [-0.39, 0.29) is 11.5 Å². The second-order valence-electron chi connectivity index (χ2n) is 5.82. The zero-order chi connectivity index (χ0) is 17.8. The minimum absolute atomic E-state index is 0.255. The molecule has 1 aromatic carbocycles. The zero-order valence-corrected chi connectivity index (χ0v) is 14.7. The van der Waals surface area contributed by atoms with Crippen molar-refractivity contribution in [1.82, 2.24) is 0 Å². The number of carboxylic acids is 1. The molecule has 25 heavy (non-hydrogen) atoms. The van der Waals surface area contributed by atoms with Gasteiger partial charge in [-0.15, -0.1) is 11.3 Å². The SMILES string of the molecule is COc1ccc(/C=C\C(=O)Nc2sc3c(c2C(=O)O)CCCC3)cc1. The summed E-state index contributed by atoms with van der Waals surface area (Å²) in [6.07, 6.45) is 6.81. The topological polar surface area (TPSA) is 75.6 Å². The molecule has 5 nitrogen and oxygen atoms in total. The van der Waals surface area contributed by atoms with Crippen molar-refractivity contribution in [2.45, 2.75) is 25.7 Å². The van der Waals surface area contributed by atoms with Gasteiger partial charge >= 0.3 is 5.97 Å². The minimum atomic E-state index is -0.978. The van der Waals surface area contributed by atoms with E-state index in [1.165, 1.54) is 17.4 Å². The Morgan fingerprint density at radius 3 is 2.60 bits per heavy atom. The Balaban J connectivity index is 1.75. The molecule has 1 aliphatic rings. The second-order valence-corrected chi connectivity index (χ2v) is 6.92. The summed E-state index contributed by atoms with van der Waals surface area (Å²) >= 11 is 1.38. The highest BCUT2D eigenvalue weighted by molar-refractivity contribution is 7.17. The van der Waals surface area contributed by atoms with Gasteiger partial charge in [0.15, 0.2) is 0 Å². The Kier molecular flexibility index (Phi) is 5.19. The van der Waals surface area contributed by atoms with Crippen molar-refractivity contribution in [2.75, 3.05) is 12.4 Å². The third-order valence-corrected chi connectivity index (χ3v) is 5.37. The summed E-state index contributed by atoms with van der Waals surface area (Å²) in [4.78, 5) is 24.9. The van der Waals surface area contributed by atoms with E-state index in [9.17, 15) is 14.7 Å². The quantitative estimate of drug-likeness (QED) is 0.794.